The zero-order valence-electron chi connectivity index (χ0n) is 11.1. The number of aryl methyl sites for hydroxylation is 1. The summed E-state index contributed by atoms with van der Waals surface area (Å²) in [6.07, 6.45) is 0. The second kappa shape index (κ2) is 4.85. The fourth-order valence-corrected chi connectivity index (χ4v) is 3.23. The van der Waals surface area contributed by atoms with Crippen LogP contribution in [0.15, 0.2) is 47.4 Å². The van der Waals surface area contributed by atoms with Gasteiger partial charge in [0, 0.05) is 5.39 Å². The molecule has 3 rings (SSSR count). The highest BCUT2D eigenvalue weighted by Crippen LogP contribution is 2.24. The van der Waals surface area contributed by atoms with Crippen molar-refractivity contribution >= 4 is 26.7 Å². The summed E-state index contributed by atoms with van der Waals surface area (Å²) in [5.41, 5.74) is 1.35. The van der Waals surface area contributed by atoms with Crippen LogP contribution >= 0.6 is 0 Å². The SMILES string of the molecule is Cc1ccc(F)c(S(=O)(=O)Nc2n[nH]c3ccccc23)c1. The second-order valence-electron chi connectivity index (χ2n) is 4.66. The lowest BCUT2D eigenvalue weighted by Gasteiger charge is -2.07. The monoisotopic (exact) mass is 305 g/mol. The van der Waals surface area contributed by atoms with Crippen LogP contribution in [0.4, 0.5) is 10.2 Å². The van der Waals surface area contributed by atoms with Crippen molar-refractivity contribution in [2.45, 2.75) is 11.8 Å². The number of nitrogens with zero attached hydrogens (tertiary/aromatic N) is 1. The number of rotatable bonds is 3. The first-order valence-corrected chi connectivity index (χ1v) is 7.68. The fourth-order valence-electron chi connectivity index (χ4n) is 2.04. The molecule has 0 radical (unpaired) electrons. The molecule has 1 heterocycles. The van der Waals surface area contributed by atoms with E-state index in [0.717, 1.165) is 6.07 Å². The molecular formula is C14H12FN3O2S. The highest BCUT2D eigenvalue weighted by atomic mass is 32.2. The molecular weight excluding hydrogens is 293 g/mol. The number of H-pyrrole nitrogens is 1. The van der Waals surface area contributed by atoms with E-state index < -0.39 is 20.7 Å². The van der Waals surface area contributed by atoms with Gasteiger partial charge in [-0.25, -0.2) is 12.8 Å². The Bertz CT molecular complexity index is 919. The molecule has 3 aromatic rings. The van der Waals surface area contributed by atoms with E-state index in [9.17, 15) is 12.8 Å². The average Bonchev–Trinajstić information content (AvgIpc) is 2.84. The van der Waals surface area contributed by atoms with Crippen LogP contribution in [0.3, 0.4) is 0 Å². The quantitative estimate of drug-likeness (QED) is 0.781. The molecule has 2 aromatic carbocycles. The lowest BCUT2D eigenvalue weighted by molar-refractivity contribution is 0.569. The topological polar surface area (TPSA) is 74.8 Å². The summed E-state index contributed by atoms with van der Waals surface area (Å²) in [6.45, 7) is 1.70. The molecule has 0 atom stereocenters. The number of para-hydroxylation sites is 1. The van der Waals surface area contributed by atoms with Crippen molar-refractivity contribution in [3.05, 3.63) is 53.8 Å². The van der Waals surface area contributed by atoms with Crippen molar-refractivity contribution in [3.63, 3.8) is 0 Å². The molecule has 7 heteroatoms. The minimum Gasteiger partial charge on any atom is -0.276 e. The van der Waals surface area contributed by atoms with Crippen LogP contribution in [-0.4, -0.2) is 18.6 Å². The Morgan fingerprint density at radius 2 is 1.95 bits per heavy atom. The molecule has 0 amide bonds. The predicted octanol–water partition coefficient (Wildman–Crippen LogP) is 2.81. The number of aromatic nitrogens is 2. The third-order valence-electron chi connectivity index (χ3n) is 3.08. The zero-order valence-corrected chi connectivity index (χ0v) is 11.9. The summed E-state index contributed by atoms with van der Waals surface area (Å²) in [5, 5.41) is 7.26. The van der Waals surface area contributed by atoms with Gasteiger partial charge < -0.3 is 0 Å². The van der Waals surface area contributed by atoms with Gasteiger partial charge in [0.05, 0.1) is 5.52 Å². The van der Waals surface area contributed by atoms with Gasteiger partial charge in [0.25, 0.3) is 10.0 Å². The highest BCUT2D eigenvalue weighted by molar-refractivity contribution is 7.92. The fraction of sp³-hybridized carbons (Fsp3) is 0.0714. The van der Waals surface area contributed by atoms with Crippen molar-refractivity contribution in [3.8, 4) is 0 Å². The number of benzene rings is 2. The van der Waals surface area contributed by atoms with Gasteiger partial charge in [-0.1, -0.05) is 18.2 Å². The van der Waals surface area contributed by atoms with E-state index in [0.29, 0.717) is 16.5 Å². The number of hydrogen-bond acceptors (Lipinski definition) is 3. The standard InChI is InChI=1S/C14H12FN3O2S/c1-9-6-7-11(15)13(8-9)21(19,20)18-14-10-4-2-3-5-12(10)16-17-14/h2-8H,1H3,(H2,16,17,18). The van der Waals surface area contributed by atoms with Crippen LogP contribution in [0, 0.1) is 12.7 Å². The summed E-state index contributed by atoms with van der Waals surface area (Å²) < 4.78 is 40.7. The summed E-state index contributed by atoms with van der Waals surface area (Å²) in [6, 6.07) is 11.0. The van der Waals surface area contributed by atoms with Crippen LogP contribution < -0.4 is 4.72 Å². The maximum atomic E-state index is 13.8. The minimum absolute atomic E-state index is 0.145. The normalized spacial score (nSPS) is 11.7. The van der Waals surface area contributed by atoms with Gasteiger partial charge in [0.1, 0.15) is 10.7 Å². The van der Waals surface area contributed by atoms with Crippen molar-refractivity contribution < 1.29 is 12.8 Å². The third kappa shape index (κ3) is 2.47. The molecule has 1 aromatic heterocycles. The minimum atomic E-state index is -4.04. The van der Waals surface area contributed by atoms with E-state index in [2.05, 4.69) is 14.9 Å². The van der Waals surface area contributed by atoms with Gasteiger partial charge in [-0.3, -0.25) is 9.82 Å². The van der Waals surface area contributed by atoms with E-state index in [4.69, 9.17) is 0 Å². The van der Waals surface area contributed by atoms with Gasteiger partial charge in [0.2, 0.25) is 0 Å². The Labute approximate surface area is 120 Å². The molecule has 0 unspecified atom stereocenters. The van der Waals surface area contributed by atoms with Crippen LogP contribution in [0.25, 0.3) is 10.9 Å². The molecule has 108 valence electrons. The van der Waals surface area contributed by atoms with Crippen LogP contribution in [0.1, 0.15) is 5.56 Å². The molecule has 5 nitrogen and oxygen atoms in total. The van der Waals surface area contributed by atoms with E-state index in [1.165, 1.54) is 12.1 Å². The number of anilines is 1. The average molecular weight is 305 g/mol. The number of nitrogens with one attached hydrogen (secondary N) is 2. The van der Waals surface area contributed by atoms with E-state index in [-0.39, 0.29) is 5.82 Å². The summed E-state index contributed by atoms with van der Waals surface area (Å²) in [5.74, 6) is -0.653. The predicted molar refractivity (Wildman–Crippen MR) is 78.0 cm³/mol. The number of halogens is 1. The Balaban J connectivity index is 2.05. The molecule has 0 aliphatic heterocycles. The molecule has 0 fully saturated rings. The maximum Gasteiger partial charge on any atom is 0.266 e. The largest absolute Gasteiger partial charge is 0.276 e. The van der Waals surface area contributed by atoms with E-state index in [1.54, 1.807) is 31.2 Å². The lowest BCUT2D eigenvalue weighted by atomic mass is 10.2. The highest BCUT2D eigenvalue weighted by Gasteiger charge is 2.21. The lowest BCUT2D eigenvalue weighted by Crippen LogP contribution is -2.15. The molecule has 0 saturated carbocycles. The van der Waals surface area contributed by atoms with Crippen LogP contribution in [0.2, 0.25) is 0 Å². The Kier molecular flexibility index (Phi) is 3.13. The smallest absolute Gasteiger partial charge is 0.266 e. The number of sulfonamides is 1. The Hall–Kier alpha value is -2.41. The van der Waals surface area contributed by atoms with Crippen LogP contribution in [-0.2, 0) is 10.0 Å². The molecule has 0 spiro atoms. The first kappa shape index (κ1) is 13.6. The van der Waals surface area contributed by atoms with Gasteiger partial charge in [0.15, 0.2) is 5.82 Å². The summed E-state index contributed by atoms with van der Waals surface area (Å²) >= 11 is 0. The first-order chi connectivity index (χ1) is 9.97. The van der Waals surface area contributed by atoms with E-state index >= 15 is 0 Å². The molecule has 0 saturated heterocycles. The van der Waals surface area contributed by atoms with E-state index in [1.807, 2.05) is 0 Å². The van der Waals surface area contributed by atoms with Crippen molar-refractivity contribution in [2.75, 3.05) is 4.72 Å². The third-order valence-corrected chi connectivity index (χ3v) is 4.43. The number of hydrogen-bond donors (Lipinski definition) is 2. The van der Waals surface area contributed by atoms with Crippen molar-refractivity contribution in [2.24, 2.45) is 0 Å². The second-order valence-corrected chi connectivity index (χ2v) is 6.31. The molecule has 21 heavy (non-hydrogen) atoms. The molecule has 0 aliphatic carbocycles. The van der Waals surface area contributed by atoms with Gasteiger partial charge in [-0.2, -0.15) is 5.10 Å². The maximum absolute atomic E-state index is 13.8. The van der Waals surface area contributed by atoms with Gasteiger partial charge >= 0.3 is 0 Å². The Morgan fingerprint density at radius 3 is 2.76 bits per heavy atom. The molecule has 2 N–H and O–H groups in total. The summed E-state index contributed by atoms with van der Waals surface area (Å²) in [4.78, 5) is -0.394. The summed E-state index contributed by atoms with van der Waals surface area (Å²) in [7, 11) is -4.04. The zero-order chi connectivity index (χ0) is 15.0. The molecule has 0 aliphatic rings. The van der Waals surface area contributed by atoms with Gasteiger partial charge in [-0.05, 0) is 36.8 Å². The van der Waals surface area contributed by atoms with Crippen molar-refractivity contribution in [1.82, 2.24) is 10.2 Å². The Morgan fingerprint density at radius 1 is 1.19 bits per heavy atom. The first-order valence-electron chi connectivity index (χ1n) is 6.19. The van der Waals surface area contributed by atoms with Gasteiger partial charge in [-0.15, -0.1) is 0 Å². The van der Waals surface area contributed by atoms with Crippen LogP contribution in [0.5, 0.6) is 0 Å². The molecule has 0 bridgehead atoms. The number of fused-ring (bicyclic) bond motifs is 1. The number of aromatic amines is 1. The van der Waals surface area contributed by atoms with Crippen molar-refractivity contribution in [1.29, 1.82) is 0 Å².